The van der Waals surface area contributed by atoms with Gasteiger partial charge in [0.15, 0.2) is 9.84 Å². The van der Waals surface area contributed by atoms with Gasteiger partial charge in [-0.2, -0.15) is 0 Å². The molecule has 1 aliphatic carbocycles. The molecular formula is C12H21NO4S. The minimum atomic E-state index is -2.88. The minimum Gasteiger partial charge on any atom is -0.458 e. The Morgan fingerprint density at radius 2 is 1.78 bits per heavy atom. The highest BCUT2D eigenvalue weighted by molar-refractivity contribution is 7.91. The number of hydrogen-bond acceptors (Lipinski definition) is 5. The van der Waals surface area contributed by atoms with Crippen LogP contribution in [0.2, 0.25) is 0 Å². The number of carbonyl (C=O) groups excluding carboxylic acids is 1. The van der Waals surface area contributed by atoms with Crippen molar-refractivity contribution < 1.29 is 17.9 Å². The lowest BCUT2D eigenvalue weighted by Gasteiger charge is -2.29. The Balaban J connectivity index is 1.78. The van der Waals surface area contributed by atoms with Gasteiger partial charge in [-0.25, -0.2) is 8.42 Å². The lowest BCUT2D eigenvalue weighted by atomic mass is 10.1. The number of hydrogen-bond donors (Lipinski definition) is 0. The number of ether oxygens (including phenoxy) is 1. The Labute approximate surface area is 108 Å². The molecule has 104 valence electrons. The van der Waals surface area contributed by atoms with Crippen molar-refractivity contribution in [3.63, 3.8) is 0 Å². The molecule has 2 rings (SSSR count). The third-order valence-electron chi connectivity index (χ3n) is 3.81. The Morgan fingerprint density at radius 1 is 1.22 bits per heavy atom. The summed E-state index contributed by atoms with van der Waals surface area (Å²) in [5, 5.41) is 0. The van der Waals surface area contributed by atoms with Crippen LogP contribution in [0.15, 0.2) is 0 Å². The van der Waals surface area contributed by atoms with Crippen LogP contribution < -0.4 is 0 Å². The van der Waals surface area contributed by atoms with Crippen LogP contribution in [0.1, 0.15) is 32.6 Å². The average Bonchev–Trinajstić information content (AvgIpc) is 2.68. The molecule has 0 radical (unpaired) electrons. The monoisotopic (exact) mass is 275 g/mol. The molecule has 0 bridgehead atoms. The first-order valence-electron chi connectivity index (χ1n) is 6.53. The molecule has 0 spiro atoms. The number of esters is 1. The van der Waals surface area contributed by atoms with Gasteiger partial charge in [0.1, 0.15) is 5.60 Å². The molecule has 0 atom stereocenters. The standard InChI is InChI=1S/C12H21NO4S/c1-12(4-2-3-5-12)17-11(14)10-13-6-8-18(15,16)9-7-13/h2-10H2,1H3. The van der Waals surface area contributed by atoms with Crippen LogP contribution in [0, 0.1) is 0 Å². The summed E-state index contributed by atoms with van der Waals surface area (Å²) in [4.78, 5) is 13.7. The fraction of sp³-hybridized carbons (Fsp3) is 0.917. The Morgan fingerprint density at radius 3 is 2.33 bits per heavy atom. The SMILES string of the molecule is CC1(OC(=O)CN2CCS(=O)(=O)CC2)CCCC1. The van der Waals surface area contributed by atoms with Gasteiger partial charge in [0, 0.05) is 13.1 Å². The minimum absolute atomic E-state index is 0.150. The van der Waals surface area contributed by atoms with Gasteiger partial charge < -0.3 is 4.74 Å². The molecule has 0 unspecified atom stereocenters. The molecule has 0 aromatic rings. The molecular weight excluding hydrogens is 254 g/mol. The smallest absolute Gasteiger partial charge is 0.320 e. The fourth-order valence-electron chi connectivity index (χ4n) is 2.62. The van der Waals surface area contributed by atoms with E-state index in [2.05, 4.69) is 0 Å². The van der Waals surface area contributed by atoms with E-state index in [1.807, 2.05) is 11.8 Å². The third kappa shape index (κ3) is 3.68. The zero-order valence-electron chi connectivity index (χ0n) is 10.9. The van der Waals surface area contributed by atoms with Crippen LogP contribution in [-0.4, -0.2) is 56.0 Å². The maximum Gasteiger partial charge on any atom is 0.320 e. The first-order chi connectivity index (χ1) is 8.39. The summed E-state index contributed by atoms with van der Waals surface area (Å²) in [6, 6.07) is 0. The average molecular weight is 275 g/mol. The van der Waals surface area contributed by atoms with Gasteiger partial charge in [0.2, 0.25) is 0 Å². The summed E-state index contributed by atoms with van der Waals surface area (Å²) in [5.41, 5.74) is -0.293. The molecule has 2 aliphatic rings. The lowest BCUT2D eigenvalue weighted by Crippen LogP contribution is -2.44. The van der Waals surface area contributed by atoms with Gasteiger partial charge in [0.25, 0.3) is 0 Å². The van der Waals surface area contributed by atoms with Crippen molar-refractivity contribution in [2.45, 2.75) is 38.2 Å². The summed E-state index contributed by atoms with van der Waals surface area (Å²) in [6.45, 7) is 3.08. The van der Waals surface area contributed by atoms with Crippen LogP contribution in [0.25, 0.3) is 0 Å². The van der Waals surface area contributed by atoms with Gasteiger partial charge in [-0.05, 0) is 32.6 Å². The second-order valence-corrected chi connectivity index (χ2v) is 7.86. The van der Waals surface area contributed by atoms with E-state index in [4.69, 9.17) is 4.74 Å². The van der Waals surface area contributed by atoms with Crippen molar-refractivity contribution >= 4 is 15.8 Å². The molecule has 2 fully saturated rings. The van der Waals surface area contributed by atoms with Gasteiger partial charge in [-0.15, -0.1) is 0 Å². The van der Waals surface area contributed by atoms with Crippen LogP contribution in [0.4, 0.5) is 0 Å². The van der Waals surface area contributed by atoms with Crippen LogP contribution in [-0.2, 0) is 19.4 Å². The molecule has 0 amide bonds. The highest BCUT2D eigenvalue weighted by atomic mass is 32.2. The largest absolute Gasteiger partial charge is 0.458 e. The highest BCUT2D eigenvalue weighted by Crippen LogP contribution is 2.32. The third-order valence-corrected chi connectivity index (χ3v) is 5.42. The normalized spacial score (nSPS) is 26.9. The summed E-state index contributed by atoms with van der Waals surface area (Å²) >= 11 is 0. The molecule has 18 heavy (non-hydrogen) atoms. The Bertz CT molecular complexity index is 398. The van der Waals surface area contributed by atoms with Crippen molar-refractivity contribution in [3.05, 3.63) is 0 Å². The molecule has 5 nitrogen and oxygen atoms in total. The zero-order chi connectivity index (χ0) is 13.2. The Kier molecular flexibility index (Phi) is 3.96. The predicted octanol–water partition coefficient (Wildman–Crippen LogP) is 0.593. The molecule has 1 heterocycles. The maximum absolute atomic E-state index is 11.8. The van der Waals surface area contributed by atoms with Gasteiger partial charge in [-0.1, -0.05) is 0 Å². The van der Waals surface area contributed by atoms with E-state index >= 15 is 0 Å². The topological polar surface area (TPSA) is 63.7 Å². The van der Waals surface area contributed by atoms with E-state index in [0.29, 0.717) is 13.1 Å². The second kappa shape index (κ2) is 5.17. The zero-order valence-corrected chi connectivity index (χ0v) is 11.7. The van der Waals surface area contributed by atoms with E-state index in [1.54, 1.807) is 0 Å². The molecule has 0 aromatic heterocycles. The van der Waals surface area contributed by atoms with Crippen LogP contribution in [0.3, 0.4) is 0 Å². The first-order valence-corrected chi connectivity index (χ1v) is 8.35. The van der Waals surface area contributed by atoms with Crippen molar-refractivity contribution in [3.8, 4) is 0 Å². The molecule has 1 saturated heterocycles. The van der Waals surface area contributed by atoms with Gasteiger partial charge >= 0.3 is 5.97 Å². The van der Waals surface area contributed by atoms with Crippen molar-refractivity contribution in [2.24, 2.45) is 0 Å². The van der Waals surface area contributed by atoms with E-state index in [-0.39, 0.29) is 29.6 Å². The summed E-state index contributed by atoms with van der Waals surface area (Å²) < 4.78 is 28.1. The van der Waals surface area contributed by atoms with Crippen LogP contribution >= 0.6 is 0 Å². The van der Waals surface area contributed by atoms with Gasteiger partial charge in [0.05, 0.1) is 18.1 Å². The van der Waals surface area contributed by atoms with Crippen LogP contribution in [0.5, 0.6) is 0 Å². The lowest BCUT2D eigenvalue weighted by molar-refractivity contribution is -0.158. The maximum atomic E-state index is 11.8. The molecule has 6 heteroatoms. The predicted molar refractivity (Wildman–Crippen MR) is 68.1 cm³/mol. The van der Waals surface area contributed by atoms with Crippen molar-refractivity contribution in [2.75, 3.05) is 31.1 Å². The number of rotatable bonds is 3. The number of sulfone groups is 1. The van der Waals surface area contributed by atoms with E-state index in [9.17, 15) is 13.2 Å². The summed E-state index contributed by atoms with van der Waals surface area (Å²) in [5.74, 6) is 0.0773. The summed E-state index contributed by atoms with van der Waals surface area (Å²) in [7, 11) is -2.88. The fourth-order valence-corrected chi connectivity index (χ4v) is 3.90. The van der Waals surface area contributed by atoms with Gasteiger partial charge in [-0.3, -0.25) is 9.69 Å². The number of nitrogens with zero attached hydrogens (tertiary/aromatic N) is 1. The first kappa shape index (κ1) is 13.8. The van der Waals surface area contributed by atoms with Crippen molar-refractivity contribution in [1.29, 1.82) is 0 Å². The molecule has 0 N–H and O–H groups in total. The van der Waals surface area contributed by atoms with E-state index in [0.717, 1.165) is 25.7 Å². The molecule has 0 aromatic carbocycles. The highest BCUT2D eigenvalue weighted by Gasteiger charge is 2.33. The summed E-state index contributed by atoms with van der Waals surface area (Å²) in [6.07, 6.45) is 4.11. The molecule has 1 saturated carbocycles. The molecule has 1 aliphatic heterocycles. The van der Waals surface area contributed by atoms with E-state index < -0.39 is 9.84 Å². The second-order valence-electron chi connectivity index (χ2n) is 5.56. The Hall–Kier alpha value is -0.620. The van der Waals surface area contributed by atoms with Crippen molar-refractivity contribution in [1.82, 2.24) is 4.90 Å². The quantitative estimate of drug-likeness (QED) is 0.706. The number of carbonyl (C=O) groups is 1. The van der Waals surface area contributed by atoms with E-state index in [1.165, 1.54) is 0 Å².